The van der Waals surface area contributed by atoms with Crippen LogP contribution in [0.4, 0.5) is 31.1 Å². The lowest BCUT2D eigenvalue weighted by atomic mass is 9.99. The lowest BCUT2D eigenvalue weighted by Crippen LogP contribution is -2.19. The monoisotopic (exact) mass is 684 g/mol. The molecule has 5 nitrogen and oxygen atoms in total. The number of pyridine rings is 2. The zero-order valence-electron chi connectivity index (χ0n) is 25.9. The van der Waals surface area contributed by atoms with Gasteiger partial charge in [-0.05, 0) is 81.9 Å². The molecule has 0 fully saturated rings. The zero-order valence-corrected chi connectivity index (χ0v) is 25.9. The molecule has 0 N–H and O–H groups in total. The van der Waals surface area contributed by atoms with E-state index in [9.17, 15) is 31.1 Å². The maximum absolute atomic E-state index is 13.5. The molecule has 2 atom stereocenters. The molecule has 50 heavy (non-hydrogen) atoms. The van der Waals surface area contributed by atoms with E-state index >= 15 is 0 Å². The summed E-state index contributed by atoms with van der Waals surface area (Å²) in [5.41, 5.74) is 2.82. The molecule has 0 saturated carbocycles. The molecule has 0 aliphatic heterocycles. The van der Waals surface area contributed by atoms with Crippen LogP contribution in [0, 0.1) is 0 Å². The second-order valence-corrected chi connectivity index (χ2v) is 11.1. The Morgan fingerprint density at radius 1 is 0.460 bits per heavy atom. The van der Waals surface area contributed by atoms with Crippen molar-refractivity contribution in [3.8, 4) is 22.3 Å². The van der Waals surface area contributed by atoms with Crippen LogP contribution in [0.5, 0.6) is 0 Å². The maximum Gasteiger partial charge on any atom is 0.510 e. The van der Waals surface area contributed by atoms with Crippen LogP contribution in [0.1, 0.15) is 45.8 Å². The average molecular weight is 685 g/mol. The largest absolute Gasteiger partial charge is 0.510 e. The SMILES string of the molecule is O=C(OC(c1ccc(-c2ccc(C(F)(F)F)cc2)cc1)c1ccccn1)OC(c1ccc(-c2ccc(C(F)(F)F)cc2)cc1)c1ccccn1. The first kappa shape index (κ1) is 33.9. The van der Waals surface area contributed by atoms with E-state index in [1.165, 1.54) is 24.3 Å². The number of benzene rings is 4. The van der Waals surface area contributed by atoms with Gasteiger partial charge in [-0.25, -0.2) is 4.79 Å². The third kappa shape index (κ3) is 8.00. The van der Waals surface area contributed by atoms with Gasteiger partial charge < -0.3 is 9.47 Å². The highest BCUT2D eigenvalue weighted by Crippen LogP contribution is 2.35. The molecule has 252 valence electrons. The van der Waals surface area contributed by atoms with Gasteiger partial charge in [-0.3, -0.25) is 9.97 Å². The summed E-state index contributed by atoms with van der Waals surface area (Å²) in [7, 11) is 0. The molecular weight excluding hydrogens is 658 g/mol. The van der Waals surface area contributed by atoms with Gasteiger partial charge >= 0.3 is 18.5 Å². The van der Waals surface area contributed by atoms with Crippen molar-refractivity contribution in [2.45, 2.75) is 24.6 Å². The van der Waals surface area contributed by atoms with Crippen LogP contribution >= 0.6 is 0 Å². The van der Waals surface area contributed by atoms with E-state index in [1.807, 2.05) is 0 Å². The minimum atomic E-state index is -4.45. The van der Waals surface area contributed by atoms with E-state index in [-0.39, 0.29) is 0 Å². The highest BCUT2D eigenvalue weighted by Gasteiger charge is 2.31. The molecule has 0 aliphatic carbocycles. The van der Waals surface area contributed by atoms with Crippen LogP contribution < -0.4 is 0 Å². The lowest BCUT2D eigenvalue weighted by molar-refractivity contribution is -0.138. The van der Waals surface area contributed by atoms with E-state index in [0.29, 0.717) is 44.8 Å². The third-order valence-electron chi connectivity index (χ3n) is 7.86. The fourth-order valence-electron chi connectivity index (χ4n) is 5.28. The van der Waals surface area contributed by atoms with Gasteiger partial charge in [-0.15, -0.1) is 0 Å². The molecule has 0 bridgehead atoms. The van der Waals surface area contributed by atoms with Gasteiger partial charge in [0.1, 0.15) is 0 Å². The summed E-state index contributed by atoms with van der Waals surface area (Å²) in [6, 6.07) is 33.4. The van der Waals surface area contributed by atoms with Crippen LogP contribution in [0.15, 0.2) is 146 Å². The molecule has 6 aromatic rings. The molecule has 2 unspecified atom stereocenters. The van der Waals surface area contributed by atoms with Gasteiger partial charge in [0.2, 0.25) is 0 Å². The number of ether oxygens (including phenoxy) is 2. The van der Waals surface area contributed by atoms with Crippen molar-refractivity contribution < 1.29 is 40.6 Å². The summed E-state index contributed by atoms with van der Waals surface area (Å²) in [6.07, 6.45) is -8.84. The summed E-state index contributed by atoms with van der Waals surface area (Å²) in [6.45, 7) is 0. The van der Waals surface area contributed by atoms with E-state index in [2.05, 4.69) is 9.97 Å². The van der Waals surface area contributed by atoms with Crippen LogP contribution in [-0.2, 0) is 21.8 Å². The van der Waals surface area contributed by atoms with Crippen molar-refractivity contribution in [1.82, 2.24) is 9.97 Å². The molecule has 4 aromatic carbocycles. The Bertz CT molecular complexity index is 1870. The summed E-state index contributed by atoms with van der Waals surface area (Å²) in [5.74, 6) is 0. The van der Waals surface area contributed by atoms with Crippen molar-refractivity contribution in [1.29, 1.82) is 0 Å². The molecule has 6 rings (SSSR count). The highest BCUT2D eigenvalue weighted by atomic mass is 19.4. The molecular formula is C39H26F6N2O3. The Morgan fingerprint density at radius 3 is 1.06 bits per heavy atom. The van der Waals surface area contributed by atoms with E-state index in [0.717, 1.165) is 24.3 Å². The molecule has 0 saturated heterocycles. The molecule has 2 heterocycles. The fraction of sp³-hybridized carbons (Fsp3) is 0.103. The fourth-order valence-corrected chi connectivity index (χ4v) is 5.28. The standard InChI is InChI=1S/C39H26F6N2O3/c40-38(41,42)31-19-15-27(16-20-31)25-7-11-29(12-8-25)35(33-5-1-3-23-46-33)49-37(48)50-36(34-6-2-4-24-47-34)30-13-9-26(10-14-30)28-17-21-32(22-18-28)39(43,44)45/h1-24,35-36H. The van der Waals surface area contributed by atoms with Gasteiger partial charge in [0.25, 0.3) is 0 Å². The Morgan fingerprint density at radius 2 is 0.780 bits per heavy atom. The predicted molar refractivity (Wildman–Crippen MR) is 173 cm³/mol. The second kappa shape index (κ2) is 14.3. The lowest BCUT2D eigenvalue weighted by Gasteiger charge is -2.22. The third-order valence-corrected chi connectivity index (χ3v) is 7.86. The molecule has 11 heteroatoms. The summed E-state index contributed by atoms with van der Waals surface area (Å²) in [4.78, 5) is 22.2. The number of carbonyl (C=O) groups excluding carboxylic acids is 1. The van der Waals surface area contributed by atoms with Crippen molar-refractivity contribution in [3.63, 3.8) is 0 Å². The first-order valence-electron chi connectivity index (χ1n) is 15.2. The number of aromatic nitrogens is 2. The quantitative estimate of drug-likeness (QED) is 0.118. The number of alkyl halides is 6. The van der Waals surface area contributed by atoms with E-state index in [1.54, 1.807) is 97.3 Å². The van der Waals surface area contributed by atoms with Gasteiger partial charge in [0, 0.05) is 12.4 Å². The molecule has 0 spiro atoms. The van der Waals surface area contributed by atoms with Gasteiger partial charge in [0.15, 0.2) is 12.2 Å². The predicted octanol–water partition coefficient (Wildman–Crippen LogP) is 10.9. The number of halogens is 6. The van der Waals surface area contributed by atoms with Crippen LogP contribution in [0.3, 0.4) is 0 Å². The summed E-state index contributed by atoms with van der Waals surface area (Å²) in [5, 5.41) is 0. The first-order valence-corrected chi connectivity index (χ1v) is 15.2. The summed E-state index contributed by atoms with van der Waals surface area (Å²) >= 11 is 0. The normalized spacial score (nSPS) is 12.9. The van der Waals surface area contributed by atoms with E-state index in [4.69, 9.17) is 9.47 Å². The number of nitrogens with zero attached hydrogens (tertiary/aromatic N) is 2. The van der Waals surface area contributed by atoms with Crippen LogP contribution in [-0.4, -0.2) is 16.1 Å². The first-order chi connectivity index (χ1) is 24.0. The molecule has 0 amide bonds. The van der Waals surface area contributed by atoms with Crippen LogP contribution in [0.2, 0.25) is 0 Å². The molecule has 2 aromatic heterocycles. The van der Waals surface area contributed by atoms with Gasteiger partial charge in [-0.2, -0.15) is 26.3 Å². The minimum Gasteiger partial charge on any atom is -0.419 e. The Kier molecular flexibility index (Phi) is 9.67. The van der Waals surface area contributed by atoms with Crippen molar-refractivity contribution in [2.75, 3.05) is 0 Å². The van der Waals surface area contributed by atoms with Gasteiger partial charge in [0.05, 0.1) is 22.5 Å². The number of hydrogen-bond donors (Lipinski definition) is 0. The maximum atomic E-state index is 13.5. The topological polar surface area (TPSA) is 61.3 Å². The smallest absolute Gasteiger partial charge is 0.419 e. The Balaban J connectivity index is 1.24. The second-order valence-electron chi connectivity index (χ2n) is 11.1. The van der Waals surface area contributed by atoms with Crippen molar-refractivity contribution in [2.24, 2.45) is 0 Å². The Hall–Kier alpha value is -5.97. The number of carbonyl (C=O) groups is 1. The molecule has 0 aliphatic rings. The zero-order chi connectivity index (χ0) is 35.3. The molecule has 0 radical (unpaired) electrons. The summed E-state index contributed by atoms with van der Waals surface area (Å²) < 4.78 is 89.9. The average Bonchev–Trinajstić information content (AvgIpc) is 3.13. The van der Waals surface area contributed by atoms with E-state index < -0.39 is 41.8 Å². The van der Waals surface area contributed by atoms with Crippen molar-refractivity contribution in [3.05, 3.63) is 179 Å². The Labute approximate surface area is 282 Å². The number of hydrogen-bond acceptors (Lipinski definition) is 5. The minimum absolute atomic E-state index is 0.405. The van der Waals surface area contributed by atoms with Gasteiger partial charge in [-0.1, -0.05) is 84.9 Å². The van der Waals surface area contributed by atoms with Crippen LogP contribution in [0.25, 0.3) is 22.3 Å². The number of rotatable bonds is 8. The van der Waals surface area contributed by atoms with Crippen molar-refractivity contribution >= 4 is 6.16 Å². The highest BCUT2D eigenvalue weighted by molar-refractivity contribution is 5.66.